The summed E-state index contributed by atoms with van der Waals surface area (Å²) in [5.41, 5.74) is 2.05. The highest BCUT2D eigenvalue weighted by Gasteiger charge is 2.15. The maximum Gasteiger partial charge on any atom is 0.331 e. The lowest BCUT2D eigenvalue weighted by molar-refractivity contribution is -0.132. The number of hydrogen-bond acceptors (Lipinski definition) is 3. The number of ether oxygens (including phenoxy) is 1. The summed E-state index contributed by atoms with van der Waals surface area (Å²) in [7, 11) is 1.49. The lowest BCUT2D eigenvalue weighted by Crippen LogP contribution is -1.99. The van der Waals surface area contributed by atoms with Crippen LogP contribution in [0.3, 0.4) is 0 Å². The molecule has 0 amide bonds. The third-order valence-corrected chi connectivity index (χ3v) is 3.80. The molecule has 0 aliphatic carbocycles. The number of phenols is 1. The zero-order valence-corrected chi connectivity index (χ0v) is 13.0. The van der Waals surface area contributed by atoms with E-state index in [0.717, 1.165) is 28.3 Å². The first-order valence-corrected chi connectivity index (χ1v) is 7.28. The highest BCUT2D eigenvalue weighted by molar-refractivity contribution is 6.02. The number of carboxylic acid groups (broad SMARTS) is 1. The average Bonchev–Trinajstić information content (AvgIpc) is 2.53. The highest BCUT2D eigenvalue weighted by atomic mass is 16.5. The van der Waals surface area contributed by atoms with Gasteiger partial charge in [-0.1, -0.05) is 32.0 Å². The molecule has 4 nitrogen and oxygen atoms in total. The number of carboxylic acids is 1. The average molecular weight is 300 g/mol. The van der Waals surface area contributed by atoms with Gasteiger partial charge in [0.1, 0.15) is 0 Å². The maximum absolute atomic E-state index is 11.3. The summed E-state index contributed by atoms with van der Waals surface area (Å²) in [6.07, 6.45) is 2.83. The van der Waals surface area contributed by atoms with Crippen LogP contribution >= 0.6 is 0 Å². The van der Waals surface area contributed by atoms with Crippen molar-refractivity contribution in [2.45, 2.75) is 26.7 Å². The summed E-state index contributed by atoms with van der Waals surface area (Å²) in [4.78, 5) is 11.3. The number of carbonyl (C=O) groups is 1. The number of aromatic hydroxyl groups is 1. The van der Waals surface area contributed by atoms with Crippen molar-refractivity contribution in [1.29, 1.82) is 0 Å². The number of methoxy groups -OCH3 is 1. The predicted molar refractivity (Wildman–Crippen MR) is 87.4 cm³/mol. The minimum atomic E-state index is -0.936. The van der Waals surface area contributed by atoms with Crippen LogP contribution in [0.4, 0.5) is 0 Å². The smallest absolute Gasteiger partial charge is 0.331 e. The Morgan fingerprint density at radius 3 is 2.59 bits per heavy atom. The van der Waals surface area contributed by atoms with Gasteiger partial charge >= 0.3 is 5.97 Å². The van der Waals surface area contributed by atoms with Crippen LogP contribution in [-0.4, -0.2) is 23.3 Å². The zero-order valence-electron chi connectivity index (χ0n) is 13.0. The molecule has 0 saturated carbocycles. The van der Waals surface area contributed by atoms with Crippen LogP contribution < -0.4 is 4.74 Å². The normalized spacial score (nSPS) is 11.7. The number of rotatable bonds is 5. The van der Waals surface area contributed by atoms with E-state index in [0.29, 0.717) is 17.7 Å². The molecular weight excluding hydrogens is 280 g/mol. The van der Waals surface area contributed by atoms with Crippen LogP contribution in [-0.2, 0) is 11.2 Å². The number of phenolic OH excluding ortho intramolecular Hbond substituents is 1. The van der Waals surface area contributed by atoms with E-state index in [1.807, 2.05) is 25.1 Å². The summed E-state index contributed by atoms with van der Waals surface area (Å²) >= 11 is 0. The molecular formula is C18H20O4. The van der Waals surface area contributed by atoms with E-state index in [-0.39, 0.29) is 5.75 Å². The quantitative estimate of drug-likeness (QED) is 0.819. The van der Waals surface area contributed by atoms with Crippen molar-refractivity contribution >= 4 is 22.8 Å². The fourth-order valence-electron chi connectivity index (χ4n) is 2.60. The number of fused-ring (bicyclic) bond motifs is 1. The van der Waals surface area contributed by atoms with E-state index < -0.39 is 5.97 Å². The Morgan fingerprint density at radius 1 is 1.32 bits per heavy atom. The second-order valence-corrected chi connectivity index (χ2v) is 5.04. The number of benzene rings is 2. The molecule has 2 aromatic rings. The molecule has 4 heteroatoms. The molecule has 2 N–H and O–H groups in total. The molecule has 0 spiro atoms. The van der Waals surface area contributed by atoms with Gasteiger partial charge in [-0.2, -0.15) is 0 Å². The molecule has 0 atom stereocenters. The summed E-state index contributed by atoms with van der Waals surface area (Å²) in [5, 5.41) is 21.2. The lowest BCUT2D eigenvalue weighted by atomic mass is 9.95. The summed E-state index contributed by atoms with van der Waals surface area (Å²) in [6.45, 7) is 3.81. The van der Waals surface area contributed by atoms with Gasteiger partial charge in [-0.05, 0) is 41.5 Å². The van der Waals surface area contributed by atoms with Crippen LogP contribution in [0.25, 0.3) is 16.8 Å². The Kier molecular flexibility index (Phi) is 4.71. The van der Waals surface area contributed by atoms with Gasteiger partial charge in [-0.15, -0.1) is 0 Å². The van der Waals surface area contributed by atoms with Crippen molar-refractivity contribution in [2.75, 3.05) is 7.11 Å². The lowest BCUT2D eigenvalue weighted by Gasteiger charge is -2.13. The Hall–Kier alpha value is -2.49. The van der Waals surface area contributed by atoms with Crippen molar-refractivity contribution in [3.8, 4) is 11.5 Å². The molecule has 2 aromatic carbocycles. The number of hydrogen-bond donors (Lipinski definition) is 2. The molecule has 0 aromatic heterocycles. The van der Waals surface area contributed by atoms with E-state index in [1.54, 1.807) is 19.1 Å². The summed E-state index contributed by atoms with van der Waals surface area (Å²) in [5.74, 6) is -0.490. The minimum absolute atomic E-state index is 0.0977. The van der Waals surface area contributed by atoms with Gasteiger partial charge in [0.15, 0.2) is 11.5 Å². The molecule has 0 fully saturated rings. The van der Waals surface area contributed by atoms with E-state index in [1.165, 1.54) is 7.11 Å². The summed E-state index contributed by atoms with van der Waals surface area (Å²) < 4.78 is 5.24. The fraction of sp³-hybridized carbons (Fsp3) is 0.278. The van der Waals surface area contributed by atoms with Crippen LogP contribution in [0.15, 0.2) is 29.8 Å². The molecule has 0 aliphatic rings. The second kappa shape index (κ2) is 6.52. The molecule has 0 bridgehead atoms. The first kappa shape index (κ1) is 15.9. The van der Waals surface area contributed by atoms with Crippen LogP contribution in [0, 0.1) is 0 Å². The zero-order chi connectivity index (χ0) is 16.3. The Balaban J connectivity index is 2.85. The topological polar surface area (TPSA) is 66.8 Å². The van der Waals surface area contributed by atoms with Gasteiger partial charge in [-0.3, -0.25) is 0 Å². The molecule has 0 saturated heterocycles. The van der Waals surface area contributed by atoms with Gasteiger partial charge in [0.2, 0.25) is 0 Å². The first-order valence-electron chi connectivity index (χ1n) is 7.28. The minimum Gasteiger partial charge on any atom is -0.504 e. The molecule has 0 heterocycles. The van der Waals surface area contributed by atoms with Gasteiger partial charge < -0.3 is 14.9 Å². The molecule has 116 valence electrons. The predicted octanol–water partition coefficient (Wildman–Crippen LogP) is 3.99. The van der Waals surface area contributed by atoms with Crippen LogP contribution in [0.2, 0.25) is 0 Å². The van der Waals surface area contributed by atoms with Crippen LogP contribution in [0.5, 0.6) is 11.5 Å². The molecule has 2 rings (SSSR count). The van der Waals surface area contributed by atoms with Gasteiger partial charge in [0.05, 0.1) is 7.11 Å². The number of aliphatic carboxylic acids is 1. The van der Waals surface area contributed by atoms with Crippen molar-refractivity contribution in [3.63, 3.8) is 0 Å². The Bertz CT molecular complexity index is 744. The second-order valence-electron chi connectivity index (χ2n) is 5.04. The fourth-order valence-corrected chi connectivity index (χ4v) is 2.60. The van der Waals surface area contributed by atoms with Gasteiger partial charge in [-0.25, -0.2) is 4.79 Å². The Morgan fingerprint density at radius 2 is 2.05 bits per heavy atom. The van der Waals surface area contributed by atoms with E-state index in [9.17, 15) is 15.0 Å². The first-order chi connectivity index (χ1) is 10.5. The van der Waals surface area contributed by atoms with E-state index >= 15 is 0 Å². The van der Waals surface area contributed by atoms with Crippen molar-refractivity contribution in [3.05, 3.63) is 41.0 Å². The van der Waals surface area contributed by atoms with Gasteiger partial charge in [0, 0.05) is 11.0 Å². The maximum atomic E-state index is 11.3. The van der Waals surface area contributed by atoms with E-state index in [2.05, 4.69) is 0 Å². The number of aryl methyl sites for hydroxylation is 1. The van der Waals surface area contributed by atoms with Gasteiger partial charge in [0.25, 0.3) is 0 Å². The Labute approximate surface area is 129 Å². The van der Waals surface area contributed by atoms with Crippen LogP contribution in [0.1, 0.15) is 31.4 Å². The third kappa shape index (κ3) is 2.77. The summed E-state index contributed by atoms with van der Waals surface area (Å²) in [6, 6.07) is 7.42. The largest absolute Gasteiger partial charge is 0.504 e. The van der Waals surface area contributed by atoms with Crippen molar-refractivity contribution < 1.29 is 19.7 Å². The molecule has 0 aliphatic heterocycles. The standard InChI is InChI=1S/C18H20O4/c1-4-11-7-6-8-14-13(9-12(5-2)18(20)21)10-15(22-3)17(19)16(11)14/h6-10,19H,4-5H2,1-3H3,(H,20,21)/b12-9-. The highest BCUT2D eigenvalue weighted by Crippen LogP contribution is 2.39. The monoisotopic (exact) mass is 300 g/mol. The van der Waals surface area contributed by atoms with E-state index in [4.69, 9.17) is 4.74 Å². The van der Waals surface area contributed by atoms with Crippen molar-refractivity contribution in [2.24, 2.45) is 0 Å². The molecule has 22 heavy (non-hydrogen) atoms. The SMILES string of the molecule is CC/C(=C/c1cc(OC)c(O)c2c(CC)cccc12)C(=O)O. The van der Waals surface area contributed by atoms with Crippen molar-refractivity contribution in [1.82, 2.24) is 0 Å². The third-order valence-electron chi connectivity index (χ3n) is 3.80. The molecule has 0 unspecified atom stereocenters. The molecule has 0 radical (unpaired) electrons.